The lowest BCUT2D eigenvalue weighted by Gasteiger charge is -2.07. The van der Waals surface area contributed by atoms with E-state index < -0.39 is 11.8 Å². The average Bonchev–Trinajstić information content (AvgIpc) is 3.11. The summed E-state index contributed by atoms with van der Waals surface area (Å²) in [7, 11) is 1.32. The predicted octanol–water partition coefficient (Wildman–Crippen LogP) is 4.54. The quantitative estimate of drug-likeness (QED) is 0.477. The molecule has 152 valence electrons. The summed E-state index contributed by atoms with van der Waals surface area (Å²) in [5.41, 5.74) is 4.18. The number of H-pyrrole nitrogens is 1. The maximum atomic E-state index is 14.6. The second-order valence-electron chi connectivity index (χ2n) is 6.66. The van der Waals surface area contributed by atoms with Gasteiger partial charge in [-0.15, -0.1) is 0 Å². The molecule has 7 heteroatoms. The van der Waals surface area contributed by atoms with Crippen LogP contribution in [0, 0.1) is 5.82 Å². The van der Waals surface area contributed by atoms with Gasteiger partial charge >= 0.3 is 5.97 Å². The van der Waals surface area contributed by atoms with Crippen LogP contribution in [0.1, 0.15) is 28.7 Å². The lowest BCUT2D eigenvalue weighted by Crippen LogP contribution is -2.06. The third-order valence-corrected chi connectivity index (χ3v) is 4.77. The third kappa shape index (κ3) is 3.74. The predicted molar refractivity (Wildman–Crippen MR) is 111 cm³/mol. The van der Waals surface area contributed by atoms with Gasteiger partial charge in [0.25, 0.3) is 0 Å². The number of pyridine rings is 2. The molecule has 0 spiro atoms. The number of carbonyl (C=O) groups is 1. The first-order valence-corrected chi connectivity index (χ1v) is 9.52. The molecule has 0 aliphatic rings. The van der Waals surface area contributed by atoms with Crippen molar-refractivity contribution in [2.75, 3.05) is 13.7 Å². The van der Waals surface area contributed by atoms with Gasteiger partial charge in [0.15, 0.2) is 11.6 Å². The Morgan fingerprint density at radius 3 is 2.80 bits per heavy atom. The molecule has 4 rings (SSSR count). The van der Waals surface area contributed by atoms with E-state index in [1.807, 2.05) is 25.1 Å². The van der Waals surface area contributed by atoms with Gasteiger partial charge in [-0.3, -0.25) is 4.98 Å². The molecule has 0 fully saturated rings. The van der Waals surface area contributed by atoms with Crippen molar-refractivity contribution in [3.8, 4) is 17.0 Å². The molecule has 1 N–H and O–H groups in total. The Hall–Kier alpha value is -3.74. The Labute approximate surface area is 172 Å². The van der Waals surface area contributed by atoms with E-state index in [2.05, 4.69) is 15.0 Å². The summed E-state index contributed by atoms with van der Waals surface area (Å²) in [6, 6.07) is 12.1. The number of aromatic nitrogens is 3. The second kappa shape index (κ2) is 8.32. The summed E-state index contributed by atoms with van der Waals surface area (Å²) in [6.45, 7) is 2.18. The van der Waals surface area contributed by atoms with Crippen LogP contribution in [-0.4, -0.2) is 34.6 Å². The van der Waals surface area contributed by atoms with Crippen LogP contribution in [0.4, 0.5) is 4.39 Å². The van der Waals surface area contributed by atoms with Gasteiger partial charge in [-0.25, -0.2) is 14.2 Å². The lowest BCUT2D eigenvalue weighted by molar-refractivity contribution is 0.0593. The summed E-state index contributed by atoms with van der Waals surface area (Å²) in [6.07, 6.45) is 3.83. The molecule has 1 aromatic carbocycles. The Balaban J connectivity index is 1.86. The Morgan fingerprint density at radius 2 is 2.07 bits per heavy atom. The maximum Gasteiger partial charge on any atom is 0.356 e. The molecule has 3 aromatic heterocycles. The number of fused-ring (bicyclic) bond motifs is 1. The van der Waals surface area contributed by atoms with Gasteiger partial charge < -0.3 is 14.5 Å². The standard InChI is InChI=1S/C23H20FN3O3/c1-3-30-21-12-20-16(11-18(21)24)17(22(27-20)14-6-5-9-25-13-14)10-15-7-4-8-19(26-15)23(28)29-2/h4-9,11-13,27H,3,10H2,1-2H3. The molecule has 4 aromatic rings. The van der Waals surface area contributed by atoms with E-state index in [4.69, 9.17) is 9.47 Å². The second-order valence-corrected chi connectivity index (χ2v) is 6.66. The topological polar surface area (TPSA) is 77.1 Å². The molecule has 0 bridgehead atoms. The molecular weight excluding hydrogens is 385 g/mol. The van der Waals surface area contributed by atoms with Gasteiger partial charge in [0.1, 0.15) is 5.69 Å². The molecule has 0 saturated carbocycles. The van der Waals surface area contributed by atoms with E-state index in [0.29, 0.717) is 18.7 Å². The molecule has 0 amide bonds. The van der Waals surface area contributed by atoms with Crippen molar-refractivity contribution in [1.82, 2.24) is 15.0 Å². The van der Waals surface area contributed by atoms with Gasteiger partial charge in [0, 0.05) is 41.5 Å². The monoisotopic (exact) mass is 405 g/mol. The largest absolute Gasteiger partial charge is 0.491 e. The highest BCUT2D eigenvalue weighted by molar-refractivity contribution is 5.92. The van der Waals surface area contributed by atoms with Crippen LogP contribution in [0.2, 0.25) is 0 Å². The molecule has 0 aliphatic heterocycles. The summed E-state index contributed by atoms with van der Waals surface area (Å²) >= 11 is 0. The summed E-state index contributed by atoms with van der Waals surface area (Å²) < 4.78 is 24.8. The van der Waals surface area contributed by atoms with Crippen molar-refractivity contribution in [1.29, 1.82) is 0 Å². The van der Waals surface area contributed by atoms with Crippen molar-refractivity contribution in [3.05, 3.63) is 77.6 Å². The van der Waals surface area contributed by atoms with Crippen LogP contribution in [-0.2, 0) is 11.2 Å². The number of hydrogen-bond acceptors (Lipinski definition) is 5. The zero-order chi connectivity index (χ0) is 21.1. The van der Waals surface area contributed by atoms with E-state index in [1.54, 1.807) is 30.6 Å². The third-order valence-electron chi connectivity index (χ3n) is 4.77. The van der Waals surface area contributed by atoms with Gasteiger partial charge in [-0.1, -0.05) is 6.07 Å². The van der Waals surface area contributed by atoms with E-state index in [0.717, 1.165) is 27.7 Å². The van der Waals surface area contributed by atoms with Crippen molar-refractivity contribution < 1.29 is 18.7 Å². The minimum atomic E-state index is -0.504. The number of hydrogen-bond donors (Lipinski definition) is 1. The average molecular weight is 405 g/mol. The van der Waals surface area contributed by atoms with Crippen molar-refractivity contribution in [2.45, 2.75) is 13.3 Å². The van der Waals surface area contributed by atoms with Gasteiger partial charge in [0.05, 0.1) is 24.9 Å². The first-order chi connectivity index (χ1) is 14.6. The highest BCUT2D eigenvalue weighted by atomic mass is 19.1. The minimum absolute atomic E-state index is 0.196. The van der Waals surface area contributed by atoms with Crippen LogP contribution in [0.15, 0.2) is 54.9 Å². The number of ether oxygens (including phenoxy) is 2. The van der Waals surface area contributed by atoms with Crippen LogP contribution >= 0.6 is 0 Å². The number of halogens is 1. The Bertz CT molecular complexity index is 1210. The number of carbonyl (C=O) groups excluding carboxylic acids is 1. The van der Waals surface area contributed by atoms with Gasteiger partial charge in [-0.05, 0) is 42.8 Å². The van der Waals surface area contributed by atoms with Gasteiger partial charge in [0.2, 0.25) is 0 Å². The number of benzene rings is 1. The van der Waals surface area contributed by atoms with Crippen molar-refractivity contribution in [3.63, 3.8) is 0 Å². The Kier molecular flexibility index (Phi) is 5.43. The normalized spacial score (nSPS) is 10.9. The van der Waals surface area contributed by atoms with Crippen molar-refractivity contribution in [2.24, 2.45) is 0 Å². The number of nitrogens with zero attached hydrogens (tertiary/aromatic N) is 2. The number of rotatable bonds is 6. The molecule has 0 unspecified atom stereocenters. The smallest absolute Gasteiger partial charge is 0.356 e. The maximum absolute atomic E-state index is 14.6. The SMILES string of the molecule is CCOc1cc2[nH]c(-c3cccnc3)c(Cc3cccc(C(=O)OC)n3)c2cc1F. The first kappa shape index (κ1) is 19.6. The van der Waals surface area contributed by atoms with E-state index in [1.165, 1.54) is 13.2 Å². The lowest BCUT2D eigenvalue weighted by atomic mass is 10.0. The van der Waals surface area contributed by atoms with E-state index in [9.17, 15) is 9.18 Å². The molecule has 0 radical (unpaired) electrons. The fourth-order valence-corrected chi connectivity index (χ4v) is 3.44. The number of esters is 1. The molecule has 0 aliphatic carbocycles. The van der Waals surface area contributed by atoms with E-state index in [-0.39, 0.29) is 11.4 Å². The molecule has 0 saturated heterocycles. The van der Waals surface area contributed by atoms with Crippen LogP contribution < -0.4 is 4.74 Å². The minimum Gasteiger partial charge on any atom is -0.491 e. The van der Waals surface area contributed by atoms with Gasteiger partial charge in [-0.2, -0.15) is 0 Å². The zero-order valence-electron chi connectivity index (χ0n) is 16.6. The van der Waals surface area contributed by atoms with Crippen LogP contribution in [0.3, 0.4) is 0 Å². The summed E-state index contributed by atoms with van der Waals surface area (Å²) in [5.74, 6) is -0.740. The van der Waals surface area contributed by atoms with Crippen LogP contribution in [0.5, 0.6) is 5.75 Å². The number of aromatic amines is 1. The molecule has 6 nitrogen and oxygen atoms in total. The molecule has 3 heterocycles. The zero-order valence-corrected chi connectivity index (χ0v) is 16.6. The summed E-state index contributed by atoms with van der Waals surface area (Å²) in [4.78, 5) is 23.8. The molecule has 30 heavy (non-hydrogen) atoms. The van der Waals surface area contributed by atoms with Crippen molar-refractivity contribution >= 4 is 16.9 Å². The highest BCUT2D eigenvalue weighted by Gasteiger charge is 2.18. The van der Waals surface area contributed by atoms with Crippen LogP contribution in [0.25, 0.3) is 22.2 Å². The number of nitrogens with one attached hydrogen (secondary N) is 1. The first-order valence-electron chi connectivity index (χ1n) is 9.52. The number of methoxy groups -OCH3 is 1. The highest BCUT2D eigenvalue weighted by Crippen LogP contribution is 2.35. The fraction of sp³-hybridized carbons (Fsp3) is 0.174. The Morgan fingerprint density at radius 1 is 1.20 bits per heavy atom. The fourth-order valence-electron chi connectivity index (χ4n) is 3.44. The van der Waals surface area contributed by atoms with E-state index >= 15 is 0 Å². The molecular formula is C23H20FN3O3. The summed E-state index contributed by atoms with van der Waals surface area (Å²) in [5, 5.41) is 0.722. The molecule has 0 atom stereocenters.